The monoisotopic (exact) mass is 704 g/mol. The van der Waals surface area contributed by atoms with Gasteiger partial charge in [0.2, 0.25) is 0 Å². The highest BCUT2D eigenvalue weighted by molar-refractivity contribution is 6.09. The van der Waals surface area contributed by atoms with Gasteiger partial charge in [-0.15, -0.1) is 0 Å². The molecular weight excluding hydrogens is 665 g/mol. The highest BCUT2D eigenvalue weighted by atomic mass is 15.2. The Morgan fingerprint density at radius 1 is 0.418 bits per heavy atom. The molecule has 10 rings (SSSR count). The minimum absolute atomic E-state index is 0.259. The molecule has 2 heteroatoms. The Hall–Kier alpha value is -6.90. The van der Waals surface area contributed by atoms with E-state index in [2.05, 4.69) is 230 Å². The maximum atomic E-state index is 2.55. The highest BCUT2D eigenvalue weighted by Gasteiger charge is 2.40. The molecule has 0 fully saturated rings. The lowest BCUT2D eigenvalue weighted by atomic mass is 9.70. The minimum atomic E-state index is -0.259. The fraction of sp³-hybridized carbons (Fsp3) is 0.0566. The lowest BCUT2D eigenvalue weighted by Gasteiger charge is -2.44. The van der Waals surface area contributed by atoms with Crippen molar-refractivity contribution in [3.8, 4) is 22.3 Å². The summed E-state index contributed by atoms with van der Waals surface area (Å²) in [5.74, 6) is 0. The number of para-hydroxylation sites is 1. The van der Waals surface area contributed by atoms with Gasteiger partial charge >= 0.3 is 0 Å². The molecule has 0 radical (unpaired) electrons. The van der Waals surface area contributed by atoms with Crippen molar-refractivity contribution in [1.82, 2.24) is 0 Å². The summed E-state index contributed by atoms with van der Waals surface area (Å²) in [4.78, 5) is 5.00. The smallest absolute Gasteiger partial charge is 0.0781 e. The zero-order chi connectivity index (χ0) is 36.9. The summed E-state index contributed by atoms with van der Waals surface area (Å²) >= 11 is 0. The molecule has 1 heterocycles. The molecule has 0 aliphatic carbocycles. The van der Waals surface area contributed by atoms with Crippen molar-refractivity contribution in [2.24, 2.45) is 0 Å². The van der Waals surface area contributed by atoms with E-state index >= 15 is 0 Å². The van der Waals surface area contributed by atoms with E-state index < -0.39 is 0 Å². The molecule has 1 aliphatic rings. The second-order valence-electron chi connectivity index (χ2n) is 15.0. The molecule has 9 aromatic rings. The summed E-state index contributed by atoms with van der Waals surface area (Å²) in [6.45, 7) is 4.77. The molecule has 0 atom stereocenters. The van der Waals surface area contributed by atoms with E-state index in [0.717, 1.165) is 22.7 Å². The van der Waals surface area contributed by atoms with E-state index in [4.69, 9.17) is 0 Å². The summed E-state index contributed by atoms with van der Waals surface area (Å²) in [7, 11) is 0. The van der Waals surface area contributed by atoms with E-state index in [-0.39, 0.29) is 5.41 Å². The highest BCUT2D eigenvalue weighted by Crippen LogP contribution is 2.58. The van der Waals surface area contributed by atoms with Crippen molar-refractivity contribution in [2.45, 2.75) is 19.3 Å². The summed E-state index contributed by atoms with van der Waals surface area (Å²) in [6, 6.07) is 75.3. The Kier molecular flexibility index (Phi) is 7.85. The second-order valence-corrected chi connectivity index (χ2v) is 15.0. The molecule has 55 heavy (non-hydrogen) atoms. The topological polar surface area (TPSA) is 6.48 Å². The molecule has 0 amide bonds. The normalized spacial score (nSPS) is 13.0. The van der Waals surface area contributed by atoms with E-state index in [0.29, 0.717) is 0 Å². The lowest BCUT2D eigenvalue weighted by Crippen LogP contribution is -2.32. The Morgan fingerprint density at radius 2 is 1.00 bits per heavy atom. The van der Waals surface area contributed by atoms with Crippen LogP contribution in [-0.2, 0) is 5.41 Å². The SMILES string of the molecule is CC1(C)c2ccccc2N(c2c(N(c3ccc(-c4ccccc4)cc3)c3ccc4ccccc4c3)ccc3ccccc23)c2cccc(-c3ccccc3)c21. The zero-order valence-corrected chi connectivity index (χ0v) is 31.0. The third-order valence-corrected chi connectivity index (χ3v) is 11.4. The van der Waals surface area contributed by atoms with Crippen molar-refractivity contribution in [2.75, 3.05) is 9.80 Å². The van der Waals surface area contributed by atoms with Gasteiger partial charge in [-0.25, -0.2) is 0 Å². The molecule has 0 bridgehead atoms. The molecule has 0 saturated heterocycles. The van der Waals surface area contributed by atoms with Gasteiger partial charge < -0.3 is 9.80 Å². The fourth-order valence-electron chi connectivity index (χ4n) is 8.78. The van der Waals surface area contributed by atoms with Gasteiger partial charge in [0.1, 0.15) is 0 Å². The molecule has 0 N–H and O–H groups in total. The van der Waals surface area contributed by atoms with Crippen molar-refractivity contribution in [3.05, 3.63) is 217 Å². The van der Waals surface area contributed by atoms with Crippen LogP contribution in [0.4, 0.5) is 34.1 Å². The third kappa shape index (κ3) is 5.49. The second kappa shape index (κ2) is 13.2. The average Bonchev–Trinajstić information content (AvgIpc) is 3.25. The number of hydrogen-bond acceptors (Lipinski definition) is 2. The van der Waals surface area contributed by atoms with E-state index in [1.807, 2.05) is 0 Å². The summed E-state index contributed by atoms with van der Waals surface area (Å²) in [5, 5.41) is 4.81. The zero-order valence-electron chi connectivity index (χ0n) is 31.0. The van der Waals surface area contributed by atoms with Gasteiger partial charge in [-0.1, -0.05) is 178 Å². The number of anilines is 6. The number of hydrogen-bond donors (Lipinski definition) is 0. The van der Waals surface area contributed by atoms with Gasteiger partial charge in [-0.2, -0.15) is 0 Å². The van der Waals surface area contributed by atoms with Gasteiger partial charge in [0.25, 0.3) is 0 Å². The number of rotatable bonds is 6. The van der Waals surface area contributed by atoms with E-state index in [1.165, 1.54) is 66.3 Å². The van der Waals surface area contributed by atoms with Crippen molar-refractivity contribution >= 4 is 55.7 Å². The van der Waals surface area contributed by atoms with Gasteiger partial charge in [0.05, 0.1) is 22.7 Å². The lowest BCUT2D eigenvalue weighted by molar-refractivity contribution is 0.634. The van der Waals surface area contributed by atoms with Crippen LogP contribution in [0, 0.1) is 0 Å². The van der Waals surface area contributed by atoms with Gasteiger partial charge in [-0.3, -0.25) is 0 Å². The van der Waals surface area contributed by atoms with Crippen molar-refractivity contribution in [3.63, 3.8) is 0 Å². The van der Waals surface area contributed by atoms with Crippen LogP contribution >= 0.6 is 0 Å². The first-order valence-corrected chi connectivity index (χ1v) is 19.1. The van der Waals surface area contributed by atoms with Crippen LogP contribution in [0.25, 0.3) is 43.8 Å². The van der Waals surface area contributed by atoms with Crippen molar-refractivity contribution < 1.29 is 0 Å². The maximum Gasteiger partial charge on any atom is 0.0781 e. The molecule has 0 unspecified atom stereocenters. The van der Waals surface area contributed by atoms with Crippen LogP contribution in [-0.4, -0.2) is 0 Å². The van der Waals surface area contributed by atoms with E-state index in [1.54, 1.807) is 0 Å². The Labute approximate surface area is 323 Å². The average molecular weight is 705 g/mol. The van der Waals surface area contributed by atoms with E-state index in [9.17, 15) is 0 Å². The molecular formula is C53H40N2. The Morgan fingerprint density at radius 3 is 1.78 bits per heavy atom. The van der Waals surface area contributed by atoms with Crippen LogP contribution in [0.2, 0.25) is 0 Å². The molecule has 262 valence electrons. The predicted octanol–water partition coefficient (Wildman–Crippen LogP) is 14.9. The molecule has 0 aromatic heterocycles. The minimum Gasteiger partial charge on any atom is -0.308 e. The number of benzene rings is 9. The Balaban J connectivity index is 1.28. The van der Waals surface area contributed by atoms with Gasteiger partial charge in [0, 0.05) is 22.2 Å². The molecule has 0 spiro atoms. The molecule has 0 saturated carbocycles. The Bertz CT molecular complexity index is 2840. The van der Waals surface area contributed by atoms with Crippen LogP contribution in [0.5, 0.6) is 0 Å². The predicted molar refractivity (Wildman–Crippen MR) is 234 cm³/mol. The largest absolute Gasteiger partial charge is 0.308 e. The van der Waals surface area contributed by atoms with Crippen LogP contribution in [0.3, 0.4) is 0 Å². The fourth-order valence-corrected chi connectivity index (χ4v) is 8.78. The van der Waals surface area contributed by atoms with Crippen molar-refractivity contribution in [1.29, 1.82) is 0 Å². The van der Waals surface area contributed by atoms with Gasteiger partial charge in [0.15, 0.2) is 0 Å². The summed E-state index contributed by atoms with van der Waals surface area (Å²) in [6.07, 6.45) is 0. The first-order valence-electron chi connectivity index (χ1n) is 19.1. The summed E-state index contributed by atoms with van der Waals surface area (Å²) in [5.41, 5.74) is 14.1. The standard InChI is InChI=1S/C53H40N2/c1-53(2)47-25-13-14-26-48(47)55(49-27-15-24-45(51(49)53)40-19-7-4-8-20-40)52-46-23-12-11-21-41(46)31-35-50(52)54(44-34-30-38-18-9-10-22-42(38)36-44)43-32-28-39(29-33-43)37-16-5-3-6-17-37/h3-36H,1-2H3. The first-order chi connectivity index (χ1) is 27.1. The molecule has 2 nitrogen and oxygen atoms in total. The first kappa shape index (κ1) is 32.7. The number of nitrogens with zero attached hydrogens (tertiary/aromatic N) is 2. The molecule has 1 aliphatic heterocycles. The van der Waals surface area contributed by atoms with Crippen LogP contribution < -0.4 is 9.80 Å². The maximum absolute atomic E-state index is 2.55. The summed E-state index contributed by atoms with van der Waals surface area (Å²) < 4.78 is 0. The number of fused-ring (bicyclic) bond motifs is 4. The van der Waals surface area contributed by atoms with Crippen LogP contribution in [0.15, 0.2) is 206 Å². The molecule has 9 aromatic carbocycles. The quantitative estimate of drug-likeness (QED) is 0.170. The van der Waals surface area contributed by atoms with Gasteiger partial charge in [-0.05, 0) is 92.0 Å². The third-order valence-electron chi connectivity index (χ3n) is 11.4. The van der Waals surface area contributed by atoms with Crippen LogP contribution in [0.1, 0.15) is 25.0 Å².